The van der Waals surface area contributed by atoms with Crippen LogP contribution in [0.25, 0.3) is 16.8 Å². The van der Waals surface area contributed by atoms with E-state index < -0.39 is 24.3 Å². The van der Waals surface area contributed by atoms with Gasteiger partial charge in [0, 0.05) is 37.5 Å². The minimum absolute atomic E-state index is 0.136. The molecule has 2 atom stereocenters. The van der Waals surface area contributed by atoms with Crippen LogP contribution in [0.4, 0.5) is 24.9 Å². The van der Waals surface area contributed by atoms with Crippen molar-refractivity contribution in [1.29, 1.82) is 0 Å². The Kier molecular flexibility index (Phi) is 8.13. The summed E-state index contributed by atoms with van der Waals surface area (Å²) in [6.45, 7) is 7.43. The predicted octanol–water partition coefficient (Wildman–Crippen LogP) is 5.55. The fourth-order valence-electron chi connectivity index (χ4n) is 6.38. The number of nitrogens with zero attached hydrogens (tertiary/aromatic N) is 5. The lowest BCUT2D eigenvalue weighted by molar-refractivity contribution is -0.198. The summed E-state index contributed by atoms with van der Waals surface area (Å²) in [4.78, 5) is 21.7. The number of nitrogens with two attached hydrogens (primary N) is 1. The number of halogens is 3. The highest BCUT2D eigenvalue weighted by Gasteiger charge is 2.46. The lowest BCUT2D eigenvalue weighted by Crippen LogP contribution is -2.41. The van der Waals surface area contributed by atoms with Crippen molar-refractivity contribution in [2.75, 3.05) is 30.3 Å². The first-order valence-electron chi connectivity index (χ1n) is 15.1. The van der Waals surface area contributed by atoms with Crippen LogP contribution in [0.3, 0.4) is 0 Å². The highest BCUT2D eigenvalue weighted by atomic mass is 19.4. The molecule has 4 heterocycles. The SMILES string of the molecule is Cc1ccn(-c2cc(-c3ccc(C)c(C)c3)ccc2[C@@H](Oc2cc(N3CCC4(CC3)CNC(C(=O)O)C4)nc(N)n2)C(F)(F)F)n1. The summed E-state index contributed by atoms with van der Waals surface area (Å²) in [5.74, 6) is -1.03. The van der Waals surface area contributed by atoms with E-state index in [4.69, 9.17) is 10.5 Å². The molecular weight excluding hydrogens is 599 g/mol. The Morgan fingerprint density at radius 2 is 1.76 bits per heavy atom. The molecule has 2 saturated heterocycles. The van der Waals surface area contributed by atoms with E-state index >= 15 is 0 Å². The number of piperidine rings is 1. The van der Waals surface area contributed by atoms with Gasteiger partial charge in [-0.3, -0.25) is 4.79 Å². The number of hydrogen-bond acceptors (Lipinski definition) is 8. The second-order valence-corrected chi connectivity index (χ2v) is 12.4. The first-order chi connectivity index (χ1) is 21.8. The van der Waals surface area contributed by atoms with Crippen LogP contribution in [0.1, 0.15) is 47.8 Å². The quantitative estimate of drug-likeness (QED) is 0.239. The van der Waals surface area contributed by atoms with Crippen LogP contribution in [0.15, 0.2) is 54.7 Å². The van der Waals surface area contributed by atoms with E-state index in [9.17, 15) is 23.1 Å². The first-order valence-corrected chi connectivity index (χ1v) is 15.1. The van der Waals surface area contributed by atoms with Gasteiger partial charge in [-0.1, -0.05) is 30.3 Å². The van der Waals surface area contributed by atoms with Crippen LogP contribution in [0.5, 0.6) is 5.88 Å². The van der Waals surface area contributed by atoms with Crippen LogP contribution in [0, 0.1) is 26.2 Å². The van der Waals surface area contributed by atoms with Crippen LogP contribution in [-0.2, 0) is 4.79 Å². The van der Waals surface area contributed by atoms with Crippen molar-refractivity contribution in [2.45, 2.75) is 58.4 Å². The fraction of sp³-hybridized carbons (Fsp3) is 0.394. The molecule has 2 aliphatic rings. The highest BCUT2D eigenvalue weighted by molar-refractivity contribution is 5.74. The van der Waals surface area contributed by atoms with Crippen molar-refractivity contribution in [1.82, 2.24) is 25.1 Å². The normalized spacial score (nSPS) is 18.6. The van der Waals surface area contributed by atoms with Crippen LogP contribution in [0.2, 0.25) is 0 Å². The summed E-state index contributed by atoms with van der Waals surface area (Å²) < 4.78 is 51.6. The largest absolute Gasteiger partial charge is 0.480 e. The minimum atomic E-state index is -4.81. The molecule has 13 heteroatoms. The molecule has 2 fully saturated rings. The number of carboxylic acid groups (broad SMARTS) is 1. The van der Waals surface area contributed by atoms with E-state index in [-0.39, 0.29) is 28.5 Å². The van der Waals surface area contributed by atoms with Gasteiger partial charge in [-0.2, -0.15) is 28.2 Å². The zero-order valence-corrected chi connectivity index (χ0v) is 25.8. The molecule has 6 rings (SSSR count). The molecule has 10 nitrogen and oxygen atoms in total. The van der Waals surface area contributed by atoms with Crippen LogP contribution < -0.4 is 20.7 Å². The van der Waals surface area contributed by atoms with Gasteiger partial charge < -0.3 is 25.8 Å². The fourth-order valence-corrected chi connectivity index (χ4v) is 6.38. The lowest BCUT2D eigenvalue weighted by atomic mass is 9.76. The summed E-state index contributed by atoms with van der Waals surface area (Å²) in [5.41, 5.74) is 10.4. The van der Waals surface area contributed by atoms with Crippen molar-refractivity contribution >= 4 is 17.7 Å². The van der Waals surface area contributed by atoms with Crippen molar-refractivity contribution in [3.8, 4) is 22.7 Å². The number of ether oxygens (including phenoxy) is 1. The molecule has 242 valence electrons. The Labute approximate surface area is 264 Å². The number of anilines is 2. The number of hydrogen-bond donors (Lipinski definition) is 3. The molecule has 0 aliphatic carbocycles. The van der Waals surface area contributed by atoms with E-state index in [1.807, 2.05) is 36.9 Å². The van der Waals surface area contributed by atoms with Gasteiger partial charge in [-0.15, -0.1) is 0 Å². The van der Waals surface area contributed by atoms with Crippen LogP contribution in [-0.4, -0.2) is 62.7 Å². The number of aliphatic carboxylic acids is 1. The summed E-state index contributed by atoms with van der Waals surface area (Å²) >= 11 is 0. The maximum absolute atomic E-state index is 14.8. The molecule has 0 amide bonds. The molecule has 1 spiro atoms. The molecule has 0 radical (unpaired) electrons. The van der Waals surface area contributed by atoms with Crippen molar-refractivity contribution < 1.29 is 27.8 Å². The zero-order valence-electron chi connectivity index (χ0n) is 25.8. The first kappa shape index (κ1) is 31.3. The maximum Gasteiger partial charge on any atom is 0.429 e. The number of benzene rings is 2. The molecule has 46 heavy (non-hydrogen) atoms. The van der Waals surface area contributed by atoms with Gasteiger partial charge >= 0.3 is 12.1 Å². The minimum Gasteiger partial charge on any atom is -0.480 e. The van der Waals surface area contributed by atoms with Gasteiger partial charge in [0.1, 0.15) is 11.9 Å². The Hall–Kier alpha value is -4.65. The zero-order chi connectivity index (χ0) is 32.8. The molecule has 0 saturated carbocycles. The predicted molar refractivity (Wildman–Crippen MR) is 167 cm³/mol. The van der Waals surface area contributed by atoms with Crippen molar-refractivity contribution in [3.05, 3.63) is 77.1 Å². The number of alkyl halides is 3. The molecule has 2 aromatic heterocycles. The van der Waals surface area contributed by atoms with E-state index in [2.05, 4.69) is 20.4 Å². The lowest BCUT2D eigenvalue weighted by Gasteiger charge is -2.39. The molecular formula is C33H36F3N7O3. The van der Waals surface area contributed by atoms with E-state index in [1.54, 1.807) is 31.3 Å². The summed E-state index contributed by atoms with van der Waals surface area (Å²) in [5, 5.41) is 16.9. The average Bonchev–Trinajstić information content (AvgIpc) is 3.63. The Morgan fingerprint density at radius 1 is 1.04 bits per heavy atom. The Morgan fingerprint density at radius 3 is 2.39 bits per heavy atom. The second-order valence-electron chi connectivity index (χ2n) is 12.4. The number of aromatic nitrogens is 4. The van der Waals surface area contributed by atoms with Crippen molar-refractivity contribution in [2.24, 2.45) is 5.41 Å². The third-order valence-electron chi connectivity index (χ3n) is 9.17. The third-order valence-corrected chi connectivity index (χ3v) is 9.17. The van der Waals surface area contributed by atoms with E-state index in [0.29, 0.717) is 50.4 Å². The van der Waals surface area contributed by atoms with Gasteiger partial charge in [0.15, 0.2) is 0 Å². The Balaban J connectivity index is 1.31. The number of nitrogens with one attached hydrogen (secondary N) is 1. The Bertz CT molecular complexity index is 1770. The highest BCUT2D eigenvalue weighted by Crippen LogP contribution is 2.43. The summed E-state index contributed by atoms with van der Waals surface area (Å²) in [6, 6.07) is 13.2. The van der Waals surface area contributed by atoms with Gasteiger partial charge in [-0.05, 0) is 79.8 Å². The maximum atomic E-state index is 14.8. The van der Waals surface area contributed by atoms with Crippen LogP contribution >= 0.6 is 0 Å². The van der Waals surface area contributed by atoms with E-state index in [0.717, 1.165) is 22.3 Å². The molecule has 4 N–H and O–H groups in total. The van der Waals surface area contributed by atoms with Gasteiger partial charge in [-0.25, -0.2) is 4.68 Å². The monoisotopic (exact) mass is 635 g/mol. The standard InChI is InChI=1S/C33H36F3N7O3/c1-19-4-5-22(14-20(19)2)23-6-7-24(26(15-23)43-11-8-21(3)41-43)29(33(34,35)36)46-28-16-27(39-31(37)40-28)42-12-9-32(10-13-42)17-25(30(44)45)38-18-32/h4-8,11,14-16,25,29,38H,9-10,12-13,17-18H2,1-3H3,(H,44,45)(H2,37,39,40)/t25?,29-/m1/s1. The molecule has 4 aromatic rings. The topological polar surface area (TPSA) is 131 Å². The molecule has 1 unspecified atom stereocenters. The average molecular weight is 636 g/mol. The van der Waals surface area contributed by atoms with Gasteiger partial charge in [0.25, 0.3) is 0 Å². The number of carboxylic acids is 1. The number of rotatable bonds is 7. The number of nitrogen functional groups attached to an aromatic ring is 1. The molecule has 0 bridgehead atoms. The molecule has 2 aliphatic heterocycles. The number of aryl methyl sites for hydroxylation is 3. The summed E-state index contributed by atoms with van der Waals surface area (Å²) in [6.07, 6.45) is -3.64. The molecule has 2 aromatic carbocycles. The van der Waals surface area contributed by atoms with Crippen molar-refractivity contribution in [3.63, 3.8) is 0 Å². The smallest absolute Gasteiger partial charge is 0.429 e. The van der Waals surface area contributed by atoms with Gasteiger partial charge in [0.05, 0.1) is 11.4 Å². The second kappa shape index (κ2) is 11.9. The van der Waals surface area contributed by atoms with E-state index in [1.165, 1.54) is 16.8 Å². The van der Waals surface area contributed by atoms with Gasteiger partial charge in [0.2, 0.25) is 17.9 Å². The number of carbonyl (C=O) groups is 1. The third kappa shape index (κ3) is 6.37. The summed E-state index contributed by atoms with van der Waals surface area (Å²) in [7, 11) is 0.